The number of carbonyl (C=O) groups is 1. The van der Waals surface area contributed by atoms with Gasteiger partial charge in [0.1, 0.15) is 0 Å². The van der Waals surface area contributed by atoms with Crippen LogP contribution in [0.1, 0.15) is 20.3 Å². The third-order valence-corrected chi connectivity index (χ3v) is 1.89. The summed E-state index contributed by atoms with van der Waals surface area (Å²) in [4.78, 5) is 11.1. The van der Waals surface area contributed by atoms with Gasteiger partial charge in [-0.1, -0.05) is 0 Å². The number of hydrogen-bond donors (Lipinski definition) is 1. The lowest BCUT2D eigenvalue weighted by molar-refractivity contribution is -0.150. The molecule has 0 aliphatic rings. The predicted octanol–water partition coefficient (Wildman–Crippen LogP) is 1.73. The van der Waals surface area contributed by atoms with E-state index in [-0.39, 0.29) is 13.1 Å². The zero-order valence-corrected chi connectivity index (χ0v) is 9.07. The first kappa shape index (κ1) is 14.2. The molecule has 0 aromatic heterocycles. The van der Waals surface area contributed by atoms with E-state index in [9.17, 15) is 18.0 Å². The van der Waals surface area contributed by atoms with Crippen LogP contribution < -0.4 is 5.32 Å². The van der Waals surface area contributed by atoms with Crippen molar-refractivity contribution in [3.8, 4) is 0 Å². The van der Waals surface area contributed by atoms with E-state index in [0.29, 0.717) is 0 Å². The normalized spacial score (nSPS) is 12.7. The van der Waals surface area contributed by atoms with Crippen LogP contribution in [-0.2, 0) is 9.53 Å². The highest BCUT2D eigenvalue weighted by Crippen LogP contribution is 2.19. The molecule has 0 amide bonds. The zero-order chi connectivity index (χ0) is 12.1. The number of esters is 1. The molecule has 3 nitrogen and oxygen atoms in total. The topological polar surface area (TPSA) is 38.3 Å². The number of methoxy groups -OCH3 is 1. The van der Waals surface area contributed by atoms with E-state index in [4.69, 9.17) is 0 Å². The first-order chi connectivity index (χ1) is 6.69. The fourth-order valence-electron chi connectivity index (χ4n) is 0.979. The van der Waals surface area contributed by atoms with Gasteiger partial charge in [-0.3, -0.25) is 4.79 Å². The van der Waals surface area contributed by atoms with Crippen LogP contribution in [-0.4, -0.2) is 32.3 Å². The molecular formula is C9H16F3NO2. The second kappa shape index (κ2) is 5.34. The van der Waals surface area contributed by atoms with Crippen molar-refractivity contribution in [3.05, 3.63) is 0 Å². The average molecular weight is 227 g/mol. The molecule has 0 aliphatic carbocycles. The van der Waals surface area contributed by atoms with Crippen molar-refractivity contribution < 1.29 is 22.7 Å². The Morgan fingerprint density at radius 1 is 1.33 bits per heavy atom. The van der Waals surface area contributed by atoms with Gasteiger partial charge in [0.2, 0.25) is 0 Å². The third-order valence-electron chi connectivity index (χ3n) is 1.89. The van der Waals surface area contributed by atoms with E-state index < -0.39 is 24.0 Å². The lowest BCUT2D eigenvalue weighted by Gasteiger charge is -2.21. The summed E-state index contributed by atoms with van der Waals surface area (Å²) in [6.07, 6.45) is -5.06. The molecule has 90 valence electrons. The van der Waals surface area contributed by atoms with Crippen molar-refractivity contribution in [2.75, 3.05) is 20.2 Å². The van der Waals surface area contributed by atoms with Crippen LogP contribution in [0.2, 0.25) is 0 Å². The fourth-order valence-corrected chi connectivity index (χ4v) is 0.979. The molecular weight excluding hydrogens is 211 g/mol. The molecule has 0 heterocycles. The van der Waals surface area contributed by atoms with E-state index in [0.717, 1.165) is 0 Å². The Bertz CT molecular complexity index is 214. The molecule has 6 heteroatoms. The molecule has 0 spiro atoms. The van der Waals surface area contributed by atoms with Gasteiger partial charge in [0.25, 0.3) is 0 Å². The molecule has 15 heavy (non-hydrogen) atoms. The average Bonchev–Trinajstić information content (AvgIpc) is 2.09. The van der Waals surface area contributed by atoms with Crippen molar-refractivity contribution in [2.24, 2.45) is 5.41 Å². The van der Waals surface area contributed by atoms with E-state index in [2.05, 4.69) is 10.1 Å². The Morgan fingerprint density at radius 2 is 1.87 bits per heavy atom. The van der Waals surface area contributed by atoms with Crippen molar-refractivity contribution >= 4 is 5.97 Å². The maximum atomic E-state index is 11.8. The van der Waals surface area contributed by atoms with Crippen molar-refractivity contribution in [3.63, 3.8) is 0 Å². The maximum Gasteiger partial charge on any atom is 0.390 e. The lowest BCUT2D eigenvalue weighted by Crippen LogP contribution is -2.38. The Labute approximate surface area is 87.0 Å². The summed E-state index contributed by atoms with van der Waals surface area (Å²) in [5.74, 6) is -0.443. The summed E-state index contributed by atoms with van der Waals surface area (Å²) in [6.45, 7) is 3.19. The molecule has 0 rings (SSSR count). The van der Waals surface area contributed by atoms with Crippen LogP contribution in [0.25, 0.3) is 0 Å². The van der Waals surface area contributed by atoms with Crippen LogP contribution in [0.15, 0.2) is 0 Å². The van der Waals surface area contributed by atoms with Gasteiger partial charge in [0.05, 0.1) is 18.9 Å². The number of carbonyl (C=O) groups excluding carboxylic acids is 1. The summed E-state index contributed by atoms with van der Waals surface area (Å²) in [5, 5.41) is 2.58. The van der Waals surface area contributed by atoms with Gasteiger partial charge in [-0.15, -0.1) is 0 Å². The molecule has 0 aliphatic heterocycles. The van der Waals surface area contributed by atoms with Gasteiger partial charge in [0.15, 0.2) is 0 Å². The first-order valence-corrected chi connectivity index (χ1v) is 4.55. The van der Waals surface area contributed by atoms with Gasteiger partial charge in [-0.05, 0) is 13.8 Å². The summed E-state index contributed by atoms with van der Waals surface area (Å²) in [7, 11) is 1.25. The minimum absolute atomic E-state index is 0.162. The number of ether oxygens (including phenoxy) is 1. The van der Waals surface area contributed by atoms with E-state index >= 15 is 0 Å². The van der Waals surface area contributed by atoms with Crippen molar-refractivity contribution in [2.45, 2.75) is 26.4 Å². The molecule has 0 saturated heterocycles. The van der Waals surface area contributed by atoms with Gasteiger partial charge in [0, 0.05) is 13.1 Å². The number of alkyl halides is 3. The fraction of sp³-hybridized carbons (Fsp3) is 0.889. The molecule has 0 bridgehead atoms. The smallest absolute Gasteiger partial charge is 0.390 e. The molecule has 0 fully saturated rings. The second-order valence-corrected chi connectivity index (χ2v) is 3.92. The maximum absolute atomic E-state index is 11.8. The Morgan fingerprint density at radius 3 is 2.27 bits per heavy atom. The predicted molar refractivity (Wildman–Crippen MR) is 49.3 cm³/mol. The number of hydrogen-bond acceptors (Lipinski definition) is 3. The Hall–Kier alpha value is -0.780. The SMILES string of the molecule is COC(=O)C(C)(C)CNCCC(F)(F)F. The van der Waals surface area contributed by atoms with Crippen LogP contribution in [0.5, 0.6) is 0 Å². The minimum atomic E-state index is -4.16. The van der Waals surface area contributed by atoms with E-state index in [1.54, 1.807) is 13.8 Å². The van der Waals surface area contributed by atoms with Gasteiger partial charge in [-0.25, -0.2) is 0 Å². The van der Waals surface area contributed by atoms with Crippen LogP contribution >= 0.6 is 0 Å². The molecule has 1 N–H and O–H groups in total. The second-order valence-electron chi connectivity index (χ2n) is 3.92. The largest absolute Gasteiger partial charge is 0.469 e. The summed E-state index contributed by atoms with van der Waals surface area (Å²) < 4.78 is 39.8. The standard InChI is InChI=1S/C9H16F3NO2/c1-8(2,7(14)15-3)6-13-5-4-9(10,11)12/h13H,4-6H2,1-3H3. The van der Waals surface area contributed by atoms with Gasteiger partial charge >= 0.3 is 12.1 Å². The van der Waals surface area contributed by atoms with Crippen LogP contribution in [0.3, 0.4) is 0 Å². The Kier molecular flexibility index (Phi) is 5.07. The van der Waals surface area contributed by atoms with Crippen molar-refractivity contribution in [1.82, 2.24) is 5.32 Å². The van der Waals surface area contributed by atoms with E-state index in [1.807, 2.05) is 0 Å². The third kappa shape index (κ3) is 6.33. The Balaban J connectivity index is 3.81. The molecule has 0 saturated carbocycles. The van der Waals surface area contributed by atoms with Gasteiger partial charge in [-0.2, -0.15) is 13.2 Å². The summed E-state index contributed by atoms with van der Waals surface area (Å²) >= 11 is 0. The van der Waals surface area contributed by atoms with Gasteiger partial charge < -0.3 is 10.1 Å². The number of halogens is 3. The zero-order valence-electron chi connectivity index (χ0n) is 9.07. The van der Waals surface area contributed by atoms with Crippen LogP contribution in [0, 0.1) is 5.41 Å². The highest BCUT2D eigenvalue weighted by Gasteiger charge is 2.30. The molecule has 0 aromatic rings. The molecule has 0 aromatic carbocycles. The monoisotopic (exact) mass is 227 g/mol. The van der Waals surface area contributed by atoms with Crippen LogP contribution in [0.4, 0.5) is 13.2 Å². The summed E-state index contributed by atoms with van der Waals surface area (Å²) in [6, 6.07) is 0. The highest BCUT2D eigenvalue weighted by atomic mass is 19.4. The quantitative estimate of drug-likeness (QED) is 0.574. The summed E-state index contributed by atoms with van der Waals surface area (Å²) in [5.41, 5.74) is -0.805. The molecule has 0 radical (unpaired) electrons. The number of nitrogens with one attached hydrogen (secondary N) is 1. The number of rotatable bonds is 5. The first-order valence-electron chi connectivity index (χ1n) is 4.55. The highest BCUT2D eigenvalue weighted by molar-refractivity contribution is 5.75. The molecule has 0 atom stereocenters. The lowest BCUT2D eigenvalue weighted by atomic mass is 9.94. The minimum Gasteiger partial charge on any atom is -0.469 e. The van der Waals surface area contributed by atoms with E-state index in [1.165, 1.54) is 7.11 Å². The molecule has 0 unspecified atom stereocenters. The van der Waals surface area contributed by atoms with Crippen molar-refractivity contribution in [1.29, 1.82) is 0 Å².